The van der Waals surface area contributed by atoms with Crippen LogP contribution in [0.5, 0.6) is 5.75 Å². The third-order valence-corrected chi connectivity index (χ3v) is 3.35. The van der Waals surface area contributed by atoms with Gasteiger partial charge in [-0.1, -0.05) is 32.9 Å². The molecule has 5 heteroatoms. The molecule has 0 fully saturated rings. The molecule has 1 rings (SSSR count). The lowest BCUT2D eigenvalue weighted by atomic mass is 9.96. The van der Waals surface area contributed by atoms with Gasteiger partial charge in [-0.15, -0.1) is 0 Å². The first-order chi connectivity index (χ1) is 10.3. The van der Waals surface area contributed by atoms with Gasteiger partial charge in [0.1, 0.15) is 5.75 Å². The number of hydrogen-bond acceptors (Lipinski definition) is 3. The standard InChI is InChI=1S/C17H26N2O3/c1-6-19(12-13-7-9-14(22-5)10-8-13)15(20)11-18-16(21)17(2,3)4/h7-10H,6,11-12H2,1-5H3,(H,18,21). The van der Waals surface area contributed by atoms with Crippen molar-refractivity contribution in [3.8, 4) is 5.75 Å². The predicted molar refractivity (Wildman–Crippen MR) is 86.5 cm³/mol. The molecule has 5 nitrogen and oxygen atoms in total. The number of nitrogens with zero attached hydrogens (tertiary/aromatic N) is 1. The summed E-state index contributed by atoms with van der Waals surface area (Å²) >= 11 is 0. The molecule has 0 heterocycles. The van der Waals surface area contributed by atoms with Crippen LogP contribution < -0.4 is 10.1 Å². The molecule has 1 aromatic rings. The number of benzene rings is 1. The van der Waals surface area contributed by atoms with Crippen molar-refractivity contribution in [1.82, 2.24) is 10.2 Å². The zero-order valence-electron chi connectivity index (χ0n) is 14.1. The molecular formula is C17H26N2O3. The van der Waals surface area contributed by atoms with Crippen molar-refractivity contribution in [3.63, 3.8) is 0 Å². The number of ether oxygens (including phenoxy) is 1. The second-order valence-electron chi connectivity index (χ2n) is 6.19. The number of amides is 2. The van der Waals surface area contributed by atoms with E-state index >= 15 is 0 Å². The molecule has 1 N–H and O–H groups in total. The Morgan fingerprint density at radius 1 is 1.18 bits per heavy atom. The second kappa shape index (κ2) is 7.82. The van der Waals surface area contributed by atoms with E-state index < -0.39 is 5.41 Å². The van der Waals surface area contributed by atoms with E-state index in [2.05, 4.69) is 5.32 Å². The monoisotopic (exact) mass is 306 g/mol. The van der Waals surface area contributed by atoms with E-state index in [-0.39, 0.29) is 18.4 Å². The molecule has 0 aliphatic heterocycles. The number of methoxy groups -OCH3 is 1. The first-order valence-electron chi connectivity index (χ1n) is 7.47. The Kier molecular flexibility index (Phi) is 6.40. The lowest BCUT2D eigenvalue weighted by Crippen LogP contribution is -2.43. The minimum atomic E-state index is -0.493. The van der Waals surface area contributed by atoms with Crippen molar-refractivity contribution in [3.05, 3.63) is 29.8 Å². The maximum atomic E-state index is 12.2. The molecule has 0 unspecified atom stereocenters. The van der Waals surface area contributed by atoms with Crippen molar-refractivity contribution in [2.75, 3.05) is 20.2 Å². The van der Waals surface area contributed by atoms with Crippen LogP contribution in [0.3, 0.4) is 0 Å². The Labute approximate surface area is 132 Å². The largest absolute Gasteiger partial charge is 0.497 e. The van der Waals surface area contributed by atoms with Gasteiger partial charge >= 0.3 is 0 Å². The molecule has 0 atom stereocenters. The minimum absolute atomic E-state index is 0.0279. The van der Waals surface area contributed by atoms with E-state index in [1.54, 1.807) is 12.0 Å². The highest BCUT2D eigenvalue weighted by Gasteiger charge is 2.22. The molecule has 2 amide bonds. The van der Waals surface area contributed by atoms with Gasteiger partial charge in [0.2, 0.25) is 11.8 Å². The van der Waals surface area contributed by atoms with Gasteiger partial charge in [-0.2, -0.15) is 0 Å². The van der Waals surface area contributed by atoms with Gasteiger partial charge in [0, 0.05) is 18.5 Å². The Hall–Kier alpha value is -2.04. The van der Waals surface area contributed by atoms with E-state index in [0.717, 1.165) is 11.3 Å². The van der Waals surface area contributed by atoms with Crippen molar-refractivity contribution in [2.24, 2.45) is 5.41 Å². The smallest absolute Gasteiger partial charge is 0.242 e. The summed E-state index contributed by atoms with van der Waals surface area (Å²) in [6, 6.07) is 7.61. The Balaban J connectivity index is 2.59. The lowest BCUT2D eigenvalue weighted by Gasteiger charge is -2.23. The third-order valence-electron chi connectivity index (χ3n) is 3.35. The molecule has 0 saturated heterocycles. The van der Waals surface area contributed by atoms with Crippen LogP contribution in [0.25, 0.3) is 0 Å². The van der Waals surface area contributed by atoms with Gasteiger partial charge in [0.15, 0.2) is 0 Å². The highest BCUT2D eigenvalue weighted by Crippen LogP contribution is 2.14. The van der Waals surface area contributed by atoms with Gasteiger partial charge < -0.3 is 15.0 Å². The molecule has 0 saturated carbocycles. The highest BCUT2D eigenvalue weighted by atomic mass is 16.5. The van der Waals surface area contributed by atoms with E-state index in [9.17, 15) is 9.59 Å². The molecule has 22 heavy (non-hydrogen) atoms. The molecule has 0 aliphatic rings. The van der Waals surface area contributed by atoms with Crippen molar-refractivity contribution in [2.45, 2.75) is 34.2 Å². The van der Waals surface area contributed by atoms with Gasteiger partial charge in [-0.05, 0) is 24.6 Å². The summed E-state index contributed by atoms with van der Waals surface area (Å²) in [5.41, 5.74) is 0.533. The average molecular weight is 306 g/mol. The van der Waals surface area contributed by atoms with Crippen LogP contribution in [0.15, 0.2) is 24.3 Å². The van der Waals surface area contributed by atoms with Crippen LogP contribution in [0.2, 0.25) is 0 Å². The van der Waals surface area contributed by atoms with Crippen LogP contribution in [-0.2, 0) is 16.1 Å². The van der Waals surface area contributed by atoms with Crippen molar-refractivity contribution >= 4 is 11.8 Å². The van der Waals surface area contributed by atoms with E-state index in [1.807, 2.05) is 52.0 Å². The van der Waals surface area contributed by atoms with Gasteiger partial charge in [-0.25, -0.2) is 0 Å². The van der Waals surface area contributed by atoms with E-state index in [1.165, 1.54) is 0 Å². The number of carbonyl (C=O) groups excluding carboxylic acids is 2. The van der Waals surface area contributed by atoms with E-state index in [0.29, 0.717) is 13.1 Å². The summed E-state index contributed by atoms with van der Waals surface area (Å²) in [5, 5.41) is 2.69. The summed E-state index contributed by atoms with van der Waals surface area (Å²) in [6.45, 7) is 8.53. The maximum Gasteiger partial charge on any atom is 0.242 e. The van der Waals surface area contributed by atoms with E-state index in [4.69, 9.17) is 4.74 Å². The highest BCUT2D eigenvalue weighted by molar-refractivity contribution is 5.87. The molecule has 0 bridgehead atoms. The van der Waals surface area contributed by atoms with Crippen LogP contribution in [0.4, 0.5) is 0 Å². The number of carbonyl (C=O) groups is 2. The minimum Gasteiger partial charge on any atom is -0.497 e. The first kappa shape index (κ1) is 18.0. The van der Waals surface area contributed by atoms with Crippen molar-refractivity contribution < 1.29 is 14.3 Å². The van der Waals surface area contributed by atoms with Crippen LogP contribution in [-0.4, -0.2) is 36.9 Å². The van der Waals surface area contributed by atoms with Gasteiger partial charge in [-0.3, -0.25) is 9.59 Å². The van der Waals surface area contributed by atoms with Gasteiger partial charge in [0.05, 0.1) is 13.7 Å². The quantitative estimate of drug-likeness (QED) is 0.876. The summed E-state index contributed by atoms with van der Waals surface area (Å²) in [6.07, 6.45) is 0. The van der Waals surface area contributed by atoms with Crippen LogP contribution in [0, 0.1) is 5.41 Å². The second-order valence-corrected chi connectivity index (χ2v) is 6.19. The normalized spacial score (nSPS) is 11.0. The Morgan fingerprint density at radius 3 is 2.23 bits per heavy atom. The number of hydrogen-bond donors (Lipinski definition) is 1. The zero-order valence-corrected chi connectivity index (χ0v) is 14.1. The Morgan fingerprint density at radius 2 is 1.77 bits per heavy atom. The zero-order chi connectivity index (χ0) is 16.8. The molecule has 0 aromatic heterocycles. The molecule has 1 aromatic carbocycles. The molecule has 0 radical (unpaired) electrons. The predicted octanol–water partition coefficient (Wildman–Crippen LogP) is 2.21. The number of rotatable bonds is 6. The SMILES string of the molecule is CCN(Cc1ccc(OC)cc1)C(=O)CNC(=O)C(C)(C)C. The molecule has 0 aliphatic carbocycles. The summed E-state index contributed by atoms with van der Waals surface area (Å²) in [4.78, 5) is 25.7. The Bertz CT molecular complexity index is 504. The number of nitrogens with one attached hydrogen (secondary N) is 1. The van der Waals surface area contributed by atoms with Gasteiger partial charge in [0.25, 0.3) is 0 Å². The fraction of sp³-hybridized carbons (Fsp3) is 0.529. The first-order valence-corrected chi connectivity index (χ1v) is 7.47. The summed E-state index contributed by atoms with van der Waals surface area (Å²) < 4.78 is 5.12. The summed E-state index contributed by atoms with van der Waals surface area (Å²) in [7, 11) is 1.62. The molecular weight excluding hydrogens is 280 g/mol. The number of likely N-dealkylation sites (N-methyl/N-ethyl adjacent to an activating group) is 1. The van der Waals surface area contributed by atoms with Crippen LogP contribution in [0.1, 0.15) is 33.3 Å². The maximum absolute atomic E-state index is 12.2. The fourth-order valence-electron chi connectivity index (χ4n) is 1.86. The third kappa shape index (κ3) is 5.39. The molecule has 122 valence electrons. The lowest BCUT2D eigenvalue weighted by molar-refractivity contribution is -0.135. The fourth-order valence-corrected chi connectivity index (χ4v) is 1.86. The topological polar surface area (TPSA) is 58.6 Å². The summed E-state index contributed by atoms with van der Waals surface area (Å²) in [5.74, 6) is 0.577. The van der Waals surface area contributed by atoms with Crippen molar-refractivity contribution in [1.29, 1.82) is 0 Å². The average Bonchev–Trinajstić information content (AvgIpc) is 2.49. The van der Waals surface area contributed by atoms with Crippen LogP contribution >= 0.6 is 0 Å². The molecule has 0 spiro atoms.